The molecule has 7 nitrogen and oxygen atoms in total. The van der Waals surface area contributed by atoms with Crippen LogP contribution >= 0.6 is 0 Å². The predicted octanol–water partition coefficient (Wildman–Crippen LogP) is 2.61. The third kappa shape index (κ3) is 3.10. The first kappa shape index (κ1) is 15.7. The maximum Gasteiger partial charge on any atom is 0.285 e. The van der Waals surface area contributed by atoms with Gasteiger partial charge in [-0.25, -0.2) is 4.68 Å². The summed E-state index contributed by atoms with van der Waals surface area (Å²) in [5.74, 6) is 0. The number of nitrogens with zero attached hydrogens (tertiary/aromatic N) is 4. The molecular formula is C17H16N4O3. The van der Waals surface area contributed by atoms with E-state index in [1.807, 2.05) is 48.9 Å². The molecule has 0 saturated heterocycles. The SMILES string of the molecule is Cc1cc(C)n(-c2ccc(Cn3cc([N+](=O)[O-])ccc3=O)cc2)n1. The van der Waals surface area contributed by atoms with Gasteiger partial charge >= 0.3 is 0 Å². The molecule has 1 aromatic carbocycles. The monoisotopic (exact) mass is 324 g/mol. The first-order valence-corrected chi connectivity index (χ1v) is 7.41. The Morgan fingerprint density at radius 3 is 2.42 bits per heavy atom. The van der Waals surface area contributed by atoms with Crippen molar-refractivity contribution in [2.75, 3.05) is 0 Å². The lowest BCUT2D eigenvalue weighted by atomic mass is 10.2. The van der Waals surface area contributed by atoms with Crippen LogP contribution in [0.2, 0.25) is 0 Å². The van der Waals surface area contributed by atoms with Crippen LogP contribution in [0.5, 0.6) is 0 Å². The minimum Gasteiger partial charge on any atom is -0.304 e. The molecule has 0 aliphatic heterocycles. The van der Waals surface area contributed by atoms with Gasteiger partial charge in [-0.15, -0.1) is 0 Å². The van der Waals surface area contributed by atoms with Crippen LogP contribution in [0.1, 0.15) is 17.0 Å². The van der Waals surface area contributed by atoms with Gasteiger partial charge in [0.2, 0.25) is 0 Å². The van der Waals surface area contributed by atoms with E-state index in [0.29, 0.717) is 0 Å². The lowest BCUT2D eigenvalue weighted by molar-refractivity contribution is -0.385. The summed E-state index contributed by atoms with van der Waals surface area (Å²) in [6.45, 7) is 4.20. The number of benzene rings is 1. The van der Waals surface area contributed by atoms with Crippen LogP contribution in [0.15, 0.2) is 53.5 Å². The molecule has 0 spiro atoms. The smallest absolute Gasteiger partial charge is 0.285 e. The van der Waals surface area contributed by atoms with Crippen molar-refractivity contribution in [1.82, 2.24) is 14.3 Å². The molecule has 3 aromatic rings. The van der Waals surface area contributed by atoms with Crippen LogP contribution in [0.25, 0.3) is 5.69 Å². The van der Waals surface area contributed by atoms with E-state index in [-0.39, 0.29) is 17.8 Å². The van der Waals surface area contributed by atoms with Gasteiger partial charge in [-0.05, 0) is 37.6 Å². The standard InChI is InChI=1S/C17H16N4O3/c1-12-9-13(2)20(18-12)15-5-3-14(4-6-15)10-19-11-16(21(23)24)7-8-17(19)22/h3-9,11H,10H2,1-2H3. The molecule has 24 heavy (non-hydrogen) atoms. The Kier molecular flexibility index (Phi) is 3.99. The summed E-state index contributed by atoms with van der Waals surface area (Å²) in [6, 6.07) is 12.0. The van der Waals surface area contributed by atoms with Gasteiger partial charge in [0.15, 0.2) is 0 Å². The van der Waals surface area contributed by atoms with E-state index in [9.17, 15) is 14.9 Å². The number of rotatable bonds is 4. The predicted molar refractivity (Wildman–Crippen MR) is 89.5 cm³/mol. The van der Waals surface area contributed by atoms with Gasteiger partial charge in [-0.2, -0.15) is 5.10 Å². The second-order valence-electron chi connectivity index (χ2n) is 5.62. The van der Waals surface area contributed by atoms with Gasteiger partial charge in [0.1, 0.15) is 0 Å². The fourth-order valence-corrected chi connectivity index (χ4v) is 2.58. The van der Waals surface area contributed by atoms with Gasteiger partial charge in [-0.3, -0.25) is 14.9 Å². The van der Waals surface area contributed by atoms with Crippen LogP contribution in [0, 0.1) is 24.0 Å². The van der Waals surface area contributed by atoms with Crippen molar-refractivity contribution in [3.05, 3.63) is 86.1 Å². The molecule has 0 atom stereocenters. The van der Waals surface area contributed by atoms with E-state index >= 15 is 0 Å². The summed E-state index contributed by atoms with van der Waals surface area (Å²) < 4.78 is 3.18. The van der Waals surface area contributed by atoms with Gasteiger partial charge in [0.25, 0.3) is 11.2 Å². The van der Waals surface area contributed by atoms with Crippen LogP contribution in [-0.4, -0.2) is 19.3 Å². The number of pyridine rings is 1. The van der Waals surface area contributed by atoms with Crippen molar-refractivity contribution in [2.45, 2.75) is 20.4 Å². The molecule has 0 fully saturated rings. The molecule has 0 bridgehead atoms. The minimum atomic E-state index is -0.512. The van der Waals surface area contributed by atoms with Crippen LogP contribution in [0.3, 0.4) is 0 Å². The summed E-state index contributed by atoms with van der Waals surface area (Å²) in [6.07, 6.45) is 1.26. The highest BCUT2D eigenvalue weighted by molar-refractivity contribution is 5.36. The molecule has 7 heteroatoms. The average molecular weight is 324 g/mol. The maximum absolute atomic E-state index is 11.9. The Hall–Kier alpha value is -3.22. The van der Waals surface area contributed by atoms with Gasteiger partial charge in [0.05, 0.1) is 29.0 Å². The lowest BCUT2D eigenvalue weighted by Gasteiger charge is -2.08. The first-order valence-electron chi connectivity index (χ1n) is 7.41. The number of nitro groups is 1. The lowest BCUT2D eigenvalue weighted by Crippen LogP contribution is -2.19. The summed E-state index contributed by atoms with van der Waals surface area (Å²) in [7, 11) is 0. The zero-order valence-electron chi connectivity index (χ0n) is 13.3. The highest BCUT2D eigenvalue weighted by Gasteiger charge is 2.09. The Morgan fingerprint density at radius 2 is 1.83 bits per heavy atom. The summed E-state index contributed by atoms with van der Waals surface area (Å²) >= 11 is 0. The molecule has 0 radical (unpaired) electrons. The number of aromatic nitrogens is 3. The topological polar surface area (TPSA) is 83.0 Å². The number of hydrogen-bond acceptors (Lipinski definition) is 4. The highest BCUT2D eigenvalue weighted by Crippen LogP contribution is 2.14. The second-order valence-corrected chi connectivity index (χ2v) is 5.62. The molecule has 2 aromatic heterocycles. The molecule has 0 unspecified atom stereocenters. The van der Waals surface area contributed by atoms with E-state index in [4.69, 9.17) is 0 Å². The fourth-order valence-electron chi connectivity index (χ4n) is 2.58. The molecule has 0 N–H and O–H groups in total. The molecule has 0 saturated carbocycles. The third-order valence-electron chi connectivity index (χ3n) is 3.72. The fraction of sp³-hybridized carbons (Fsp3) is 0.176. The molecule has 0 amide bonds. The number of aryl methyl sites for hydroxylation is 2. The van der Waals surface area contributed by atoms with Crippen molar-refractivity contribution < 1.29 is 4.92 Å². The highest BCUT2D eigenvalue weighted by atomic mass is 16.6. The first-order chi connectivity index (χ1) is 11.4. The molecule has 3 rings (SSSR count). The molecule has 0 aliphatic carbocycles. The van der Waals surface area contributed by atoms with Crippen LogP contribution in [0.4, 0.5) is 5.69 Å². The van der Waals surface area contributed by atoms with Crippen LogP contribution in [-0.2, 0) is 6.54 Å². The molecule has 122 valence electrons. The van der Waals surface area contributed by atoms with E-state index in [1.165, 1.54) is 22.9 Å². The Labute approximate surface area is 137 Å². The normalized spacial score (nSPS) is 10.8. The second kappa shape index (κ2) is 6.11. The quantitative estimate of drug-likeness (QED) is 0.545. The van der Waals surface area contributed by atoms with Gasteiger partial charge in [0, 0.05) is 17.8 Å². The zero-order chi connectivity index (χ0) is 17.3. The van der Waals surface area contributed by atoms with Crippen molar-refractivity contribution in [1.29, 1.82) is 0 Å². The maximum atomic E-state index is 11.9. The van der Waals surface area contributed by atoms with Crippen molar-refractivity contribution in [3.8, 4) is 5.69 Å². The minimum absolute atomic E-state index is 0.103. The Morgan fingerprint density at radius 1 is 1.12 bits per heavy atom. The van der Waals surface area contributed by atoms with Crippen LogP contribution < -0.4 is 5.56 Å². The van der Waals surface area contributed by atoms with Gasteiger partial charge in [-0.1, -0.05) is 12.1 Å². The van der Waals surface area contributed by atoms with E-state index < -0.39 is 4.92 Å². The number of hydrogen-bond donors (Lipinski definition) is 0. The Balaban J connectivity index is 1.87. The summed E-state index contributed by atoms with van der Waals surface area (Å²) in [5.41, 5.74) is 3.41. The van der Waals surface area contributed by atoms with Crippen molar-refractivity contribution in [2.24, 2.45) is 0 Å². The largest absolute Gasteiger partial charge is 0.304 e. The average Bonchev–Trinajstić information content (AvgIpc) is 2.88. The summed E-state index contributed by atoms with van der Waals surface area (Å²) in [4.78, 5) is 22.2. The molecule has 0 aliphatic rings. The van der Waals surface area contributed by atoms with Gasteiger partial charge < -0.3 is 4.57 Å². The van der Waals surface area contributed by atoms with Crippen molar-refractivity contribution in [3.63, 3.8) is 0 Å². The molecule has 2 heterocycles. The van der Waals surface area contributed by atoms with E-state index in [0.717, 1.165) is 22.6 Å². The van der Waals surface area contributed by atoms with Crippen molar-refractivity contribution >= 4 is 5.69 Å². The van der Waals surface area contributed by atoms with E-state index in [2.05, 4.69) is 5.10 Å². The zero-order valence-corrected chi connectivity index (χ0v) is 13.3. The third-order valence-corrected chi connectivity index (χ3v) is 3.72. The van der Waals surface area contributed by atoms with E-state index in [1.54, 1.807) is 0 Å². The summed E-state index contributed by atoms with van der Waals surface area (Å²) in [5, 5.41) is 15.3. The molecular weight excluding hydrogens is 308 g/mol. The Bertz CT molecular complexity index is 955.